The second-order valence-electron chi connectivity index (χ2n) is 6.85. The Morgan fingerprint density at radius 2 is 2.22 bits per heavy atom. The molecule has 23 heavy (non-hydrogen) atoms. The van der Waals surface area contributed by atoms with E-state index in [1.54, 1.807) is 0 Å². The van der Waals surface area contributed by atoms with Crippen molar-refractivity contribution in [1.29, 1.82) is 0 Å². The zero-order valence-electron chi connectivity index (χ0n) is 13.7. The quantitative estimate of drug-likeness (QED) is 0.859. The molecule has 1 aromatic rings. The third-order valence-electron chi connectivity index (χ3n) is 4.93. The topological polar surface area (TPSA) is 61.8 Å². The van der Waals surface area contributed by atoms with Crippen LogP contribution in [0.15, 0.2) is 30.3 Å². The summed E-state index contributed by atoms with van der Waals surface area (Å²) in [7, 11) is 0. The Balaban J connectivity index is 1.56. The van der Waals surface area contributed by atoms with Gasteiger partial charge in [-0.3, -0.25) is 9.69 Å². The van der Waals surface area contributed by atoms with E-state index < -0.39 is 5.60 Å². The highest BCUT2D eigenvalue weighted by Crippen LogP contribution is 2.25. The van der Waals surface area contributed by atoms with Gasteiger partial charge >= 0.3 is 0 Å². The summed E-state index contributed by atoms with van der Waals surface area (Å²) in [5, 5.41) is 13.0. The first-order chi connectivity index (χ1) is 11.1. The number of amides is 1. The number of carbonyl (C=O) groups is 1. The Hall–Kier alpha value is -1.43. The molecule has 126 valence electrons. The normalized spacial score (nSPS) is 31.4. The zero-order chi connectivity index (χ0) is 16.3. The van der Waals surface area contributed by atoms with Crippen molar-refractivity contribution in [2.75, 3.05) is 19.7 Å². The van der Waals surface area contributed by atoms with Crippen molar-refractivity contribution in [3.8, 4) is 0 Å². The molecular formula is C18H26N2O3. The van der Waals surface area contributed by atoms with E-state index in [1.807, 2.05) is 25.1 Å². The Kier molecular flexibility index (Phi) is 4.99. The molecule has 5 heteroatoms. The molecule has 3 unspecified atom stereocenters. The molecular weight excluding hydrogens is 292 g/mol. The Morgan fingerprint density at radius 3 is 2.91 bits per heavy atom. The van der Waals surface area contributed by atoms with E-state index >= 15 is 0 Å². The molecule has 2 N–H and O–H groups in total. The van der Waals surface area contributed by atoms with E-state index in [-0.39, 0.29) is 18.1 Å². The van der Waals surface area contributed by atoms with Crippen molar-refractivity contribution in [3.05, 3.63) is 35.9 Å². The molecule has 0 aromatic heterocycles. The van der Waals surface area contributed by atoms with Gasteiger partial charge in [0.05, 0.1) is 6.10 Å². The fraction of sp³-hybridized carbons (Fsp3) is 0.611. The summed E-state index contributed by atoms with van der Waals surface area (Å²) in [6.07, 6.45) is 2.09. The molecule has 0 saturated carbocycles. The van der Waals surface area contributed by atoms with Gasteiger partial charge in [0, 0.05) is 32.3 Å². The molecule has 3 atom stereocenters. The number of nitrogens with zero attached hydrogens (tertiary/aromatic N) is 1. The first-order valence-electron chi connectivity index (χ1n) is 8.45. The number of rotatable bonds is 5. The minimum absolute atomic E-state index is 0.0314. The molecule has 0 aliphatic carbocycles. The number of β-amino-alcohol motifs (C(OH)–C–C–N with tert-alkyl or cyclic N) is 1. The van der Waals surface area contributed by atoms with Gasteiger partial charge in [-0.05, 0) is 31.7 Å². The monoisotopic (exact) mass is 318 g/mol. The molecule has 2 aliphatic rings. The van der Waals surface area contributed by atoms with Crippen LogP contribution in [0.2, 0.25) is 0 Å². The number of aliphatic hydroxyl groups excluding tert-OH is 1. The number of hydrogen-bond donors (Lipinski definition) is 2. The van der Waals surface area contributed by atoms with E-state index in [1.165, 1.54) is 5.56 Å². The first-order valence-corrected chi connectivity index (χ1v) is 8.45. The summed E-state index contributed by atoms with van der Waals surface area (Å²) in [4.78, 5) is 14.6. The molecule has 0 radical (unpaired) electrons. The molecule has 1 aromatic carbocycles. The summed E-state index contributed by atoms with van der Waals surface area (Å²) < 4.78 is 5.59. The van der Waals surface area contributed by atoms with Crippen LogP contribution >= 0.6 is 0 Å². The van der Waals surface area contributed by atoms with Gasteiger partial charge in [-0.15, -0.1) is 0 Å². The highest BCUT2D eigenvalue weighted by molar-refractivity contribution is 5.85. The van der Waals surface area contributed by atoms with Crippen LogP contribution in [0.5, 0.6) is 0 Å². The number of ether oxygens (including phenoxy) is 1. The minimum atomic E-state index is -0.679. The van der Waals surface area contributed by atoms with Gasteiger partial charge in [-0.1, -0.05) is 30.3 Å². The second kappa shape index (κ2) is 6.99. The molecule has 5 nitrogen and oxygen atoms in total. The maximum Gasteiger partial charge on any atom is 0.252 e. The van der Waals surface area contributed by atoms with E-state index in [2.05, 4.69) is 22.3 Å². The minimum Gasteiger partial charge on any atom is -0.392 e. The predicted molar refractivity (Wildman–Crippen MR) is 87.9 cm³/mol. The van der Waals surface area contributed by atoms with Crippen LogP contribution in [0.3, 0.4) is 0 Å². The maximum atomic E-state index is 12.4. The Morgan fingerprint density at radius 1 is 1.43 bits per heavy atom. The van der Waals surface area contributed by atoms with Crippen molar-refractivity contribution in [1.82, 2.24) is 10.2 Å². The standard InChI is InChI=1S/C18H26N2O3/c1-18(8-5-9-23-18)17(22)19-11-15-10-16(21)13-20(15)12-14-6-3-2-4-7-14/h2-4,6-7,15-16,21H,5,8-13H2,1H3,(H,19,22). The van der Waals surface area contributed by atoms with Crippen LogP contribution in [-0.4, -0.2) is 53.4 Å². The second-order valence-corrected chi connectivity index (χ2v) is 6.85. The van der Waals surface area contributed by atoms with Gasteiger partial charge in [0.15, 0.2) is 0 Å². The SMILES string of the molecule is CC1(C(=O)NCC2CC(O)CN2Cc2ccccc2)CCCO1. The number of likely N-dealkylation sites (tertiary alicyclic amines) is 1. The van der Waals surface area contributed by atoms with Gasteiger partial charge in [-0.2, -0.15) is 0 Å². The lowest BCUT2D eigenvalue weighted by Crippen LogP contribution is -2.48. The number of hydrogen-bond acceptors (Lipinski definition) is 4. The van der Waals surface area contributed by atoms with Crippen molar-refractivity contribution >= 4 is 5.91 Å². The highest BCUT2D eigenvalue weighted by atomic mass is 16.5. The van der Waals surface area contributed by atoms with Gasteiger partial charge < -0.3 is 15.2 Å². The average molecular weight is 318 g/mol. The molecule has 3 rings (SSSR count). The third kappa shape index (κ3) is 3.91. The van der Waals surface area contributed by atoms with Crippen LogP contribution in [-0.2, 0) is 16.1 Å². The van der Waals surface area contributed by atoms with Crippen LogP contribution in [0.1, 0.15) is 31.7 Å². The van der Waals surface area contributed by atoms with Crippen molar-refractivity contribution in [2.45, 2.75) is 50.5 Å². The number of nitrogens with one attached hydrogen (secondary N) is 1. The number of aliphatic hydroxyl groups is 1. The molecule has 0 bridgehead atoms. The summed E-state index contributed by atoms with van der Waals surface area (Å²) in [6, 6.07) is 10.4. The van der Waals surface area contributed by atoms with Crippen LogP contribution in [0.4, 0.5) is 0 Å². The van der Waals surface area contributed by atoms with E-state index in [9.17, 15) is 9.90 Å². The fourth-order valence-electron chi connectivity index (χ4n) is 3.54. The lowest BCUT2D eigenvalue weighted by Gasteiger charge is -2.27. The summed E-state index contributed by atoms with van der Waals surface area (Å²) in [5.41, 5.74) is 0.547. The smallest absolute Gasteiger partial charge is 0.252 e. The van der Waals surface area contributed by atoms with Gasteiger partial charge in [0.1, 0.15) is 5.60 Å². The van der Waals surface area contributed by atoms with Crippen LogP contribution < -0.4 is 5.32 Å². The third-order valence-corrected chi connectivity index (χ3v) is 4.93. The van der Waals surface area contributed by atoms with Crippen molar-refractivity contribution < 1.29 is 14.6 Å². The largest absolute Gasteiger partial charge is 0.392 e. The zero-order valence-corrected chi connectivity index (χ0v) is 13.7. The van der Waals surface area contributed by atoms with E-state index in [0.717, 1.165) is 19.4 Å². The van der Waals surface area contributed by atoms with E-state index in [0.29, 0.717) is 26.1 Å². The molecule has 2 saturated heterocycles. The van der Waals surface area contributed by atoms with Crippen LogP contribution in [0.25, 0.3) is 0 Å². The number of benzene rings is 1. The van der Waals surface area contributed by atoms with E-state index in [4.69, 9.17) is 4.74 Å². The Labute approximate surface area is 137 Å². The summed E-state index contributed by atoms with van der Waals surface area (Å²) in [5.74, 6) is -0.0314. The number of carbonyl (C=O) groups excluding carboxylic acids is 1. The van der Waals surface area contributed by atoms with Gasteiger partial charge in [0.25, 0.3) is 5.91 Å². The molecule has 2 heterocycles. The fourth-order valence-corrected chi connectivity index (χ4v) is 3.54. The van der Waals surface area contributed by atoms with Crippen molar-refractivity contribution in [2.24, 2.45) is 0 Å². The summed E-state index contributed by atoms with van der Waals surface area (Å²) >= 11 is 0. The molecule has 1 amide bonds. The molecule has 2 fully saturated rings. The van der Waals surface area contributed by atoms with Crippen molar-refractivity contribution in [3.63, 3.8) is 0 Å². The Bertz CT molecular complexity index is 528. The lowest BCUT2D eigenvalue weighted by molar-refractivity contribution is -0.139. The van der Waals surface area contributed by atoms with Gasteiger partial charge in [-0.25, -0.2) is 0 Å². The predicted octanol–water partition coefficient (Wildman–Crippen LogP) is 1.31. The maximum absolute atomic E-state index is 12.4. The van der Waals surface area contributed by atoms with Gasteiger partial charge in [0.2, 0.25) is 0 Å². The summed E-state index contributed by atoms with van der Waals surface area (Å²) in [6.45, 7) is 4.53. The molecule has 2 aliphatic heterocycles. The van der Waals surface area contributed by atoms with Crippen LogP contribution in [0, 0.1) is 0 Å². The molecule has 0 spiro atoms. The first kappa shape index (κ1) is 16.4. The average Bonchev–Trinajstić information content (AvgIpc) is 3.13. The lowest BCUT2D eigenvalue weighted by atomic mass is 10.0. The highest BCUT2D eigenvalue weighted by Gasteiger charge is 2.38.